The maximum Gasteiger partial charge on any atom is 0.303 e. The first-order valence-corrected chi connectivity index (χ1v) is 8.53. The molecule has 1 N–H and O–H groups in total. The van der Waals surface area contributed by atoms with E-state index in [4.69, 9.17) is 5.11 Å². The van der Waals surface area contributed by atoms with Crippen LogP contribution in [0.3, 0.4) is 0 Å². The summed E-state index contributed by atoms with van der Waals surface area (Å²) in [5.74, 6) is 0.0912. The minimum atomic E-state index is -0.662. The fourth-order valence-corrected chi connectivity index (χ4v) is 2.40. The molecule has 118 valence electrons. The van der Waals surface area contributed by atoms with E-state index in [0.29, 0.717) is 6.42 Å². The summed E-state index contributed by atoms with van der Waals surface area (Å²) in [5, 5.41) is 8.57. The summed E-state index contributed by atoms with van der Waals surface area (Å²) in [5.41, 5.74) is 0. The van der Waals surface area contributed by atoms with Crippen molar-refractivity contribution in [2.45, 2.75) is 90.9 Å². The van der Waals surface area contributed by atoms with Crippen molar-refractivity contribution in [3.63, 3.8) is 0 Å². The summed E-state index contributed by atoms with van der Waals surface area (Å²) in [6, 6.07) is 0. The van der Waals surface area contributed by atoms with Crippen LogP contribution in [0, 0.1) is 5.92 Å². The molecule has 0 fully saturated rings. The van der Waals surface area contributed by atoms with Crippen LogP contribution >= 0.6 is 0 Å². The molecule has 0 saturated heterocycles. The third kappa shape index (κ3) is 15.3. The lowest BCUT2D eigenvalue weighted by atomic mass is 9.96. The molecule has 0 aromatic rings. The number of hydrogen-bond acceptors (Lipinski definition) is 1. The van der Waals surface area contributed by atoms with E-state index in [9.17, 15) is 4.79 Å². The largest absolute Gasteiger partial charge is 0.481 e. The lowest BCUT2D eigenvalue weighted by Gasteiger charge is -2.10. The quantitative estimate of drug-likeness (QED) is 0.315. The molecule has 0 aromatic carbocycles. The van der Waals surface area contributed by atoms with Gasteiger partial charge in [0.25, 0.3) is 0 Å². The highest BCUT2D eigenvalue weighted by atomic mass is 16.4. The molecule has 1 atom stereocenters. The second-order valence-electron chi connectivity index (χ2n) is 6.00. The van der Waals surface area contributed by atoms with Crippen molar-refractivity contribution in [1.82, 2.24) is 0 Å². The van der Waals surface area contributed by atoms with Crippen molar-refractivity contribution in [2.75, 3.05) is 0 Å². The summed E-state index contributed by atoms with van der Waals surface area (Å²) in [6.45, 7) is 4.53. The Hall–Kier alpha value is -0.790. The van der Waals surface area contributed by atoms with E-state index in [-0.39, 0.29) is 0 Å². The van der Waals surface area contributed by atoms with Crippen molar-refractivity contribution >= 4 is 5.97 Å². The highest BCUT2D eigenvalue weighted by molar-refractivity contribution is 5.66. The van der Waals surface area contributed by atoms with E-state index < -0.39 is 5.97 Å². The fourth-order valence-electron chi connectivity index (χ4n) is 2.40. The number of carbonyl (C=O) groups is 1. The zero-order chi connectivity index (χ0) is 15.1. The van der Waals surface area contributed by atoms with Gasteiger partial charge in [0.15, 0.2) is 0 Å². The predicted octanol–water partition coefficient (Wildman–Crippen LogP) is 5.96. The van der Waals surface area contributed by atoms with Crippen LogP contribution in [-0.4, -0.2) is 11.1 Å². The monoisotopic (exact) mass is 282 g/mol. The Morgan fingerprint density at radius 3 is 2.15 bits per heavy atom. The predicted molar refractivity (Wildman–Crippen MR) is 87.0 cm³/mol. The van der Waals surface area contributed by atoms with Gasteiger partial charge in [0, 0.05) is 6.42 Å². The number of aliphatic carboxylic acids is 1. The second-order valence-corrected chi connectivity index (χ2v) is 6.00. The van der Waals surface area contributed by atoms with Crippen LogP contribution in [0.4, 0.5) is 0 Å². The molecule has 0 aromatic heterocycles. The van der Waals surface area contributed by atoms with Crippen molar-refractivity contribution in [3.8, 4) is 0 Å². The average molecular weight is 282 g/mol. The van der Waals surface area contributed by atoms with Gasteiger partial charge in [-0.25, -0.2) is 0 Å². The van der Waals surface area contributed by atoms with E-state index in [0.717, 1.165) is 18.8 Å². The lowest BCUT2D eigenvalue weighted by Crippen LogP contribution is -1.98. The number of carboxylic acids is 1. The lowest BCUT2D eigenvalue weighted by molar-refractivity contribution is -0.137. The van der Waals surface area contributed by atoms with E-state index >= 15 is 0 Å². The third-order valence-corrected chi connectivity index (χ3v) is 3.80. The van der Waals surface area contributed by atoms with Crippen LogP contribution in [0.2, 0.25) is 0 Å². The van der Waals surface area contributed by atoms with Crippen LogP contribution in [0.15, 0.2) is 12.2 Å². The topological polar surface area (TPSA) is 37.3 Å². The zero-order valence-electron chi connectivity index (χ0n) is 13.6. The van der Waals surface area contributed by atoms with Crippen LogP contribution < -0.4 is 0 Å². The van der Waals surface area contributed by atoms with E-state index in [1.807, 2.05) is 0 Å². The van der Waals surface area contributed by atoms with Crippen molar-refractivity contribution < 1.29 is 9.90 Å². The normalized spacial score (nSPS) is 12.9. The highest BCUT2D eigenvalue weighted by Crippen LogP contribution is 2.17. The van der Waals surface area contributed by atoms with Gasteiger partial charge < -0.3 is 5.11 Å². The van der Waals surface area contributed by atoms with Crippen LogP contribution in [0.1, 0.15) is 90.9 Å². The van der Waals surface area contributed by atoms with Crippen molar-refractivity contribution in [1.29, 1.82) is 0 Å². The third-order valence-electron chi connectivity index (χ3n) is 3.80. The van der Waals surface area contributed by atoms with Gasteiger partial charge in [-0.2, -0.15) is 0 Å². The SMILES string of the molecule is CCCC/C=C\CCCCCC(C)CCCCC(=O)O. The van der Waals surface area contributed by atoms with Gasteiger partial charge in [-0.05, 0) is 31.6 Å². The van der Waals surface area contributed by atoms with Gasteiger partial charge in [-0.1, -0.05) is 70.9 Å². The summed E-state index contributed by atoms with van der Waals surface area (Å²) < 4.78 is 0. The minimum Gasteiger partial charge on any atom is -0.481 e. The molecule has 0 aliphatic heterocycles. The Morgan fingerprint density at radius 1 is 0.950 bits per heavy atom. The molecular weight excluding hydrogens is 248 g/mol. The molecule has 0 aliphatic rings. The second kappa shape index (κ2) is 14.6. The minimum absolute atomic E-state index is 0.330. The Morgan fingerprint density at radius 2 is 1.55 bits per heavy atom. The molecule has 0 bridgehead atoms. The first-order chi connectivity index (χ1) is 9.66. The number of allylic oxidation sites excluding steroid dienone is 2. The summed E-state index contributed by atoms with van der Waals surface area (Å²) >= 11 is 0. The first-order valence-electron chi connectivity index (χ1n) is 8.53. The van der Waals surface area contributed by atoms with E-state index in [2.05, 4.69) is 26.0 Å². The molecule has 0 spiro atoms. The summed E-state index contributed by atoms with van der Waals surface area (Å²) in [4.78, 5) is 10.4. The molecule has 2 nitrogen and oxygen atoms in total. The molecule has 0 rings (SSSR count). The molecule has 20 heavy (non-hydrogen) atoms. The van der Waals surface area contributed by atoms with E-state index in [1.165, 1.54) is 57.8 Å². The maximum atomic E-state index is 10.4. The Kier molecular flexibility index (Phi) is 14.0. The molecule has 1 unspecified atom stereocenters. The Labute approximate surface area is 125 Å². The average Bonchev–Trinajstić information content (AvgIpc) is 2.41. The molecule has 2 heteroatoms. The number of unbranched alkanes of at least 4 members (excludes halogenated alkanes) is 6. The maximum absolute atomic E-state index is 10.4. The van der Waals surface area contributed by atoms with E-state index in [1.54, 1.807) is 0 Å². The number of carboxylic acid groups (broad SMARTS) is 1. The van der Waals surface area contributed by atoms with Gasteiger partial charge in [0.05, 0.1) is 0 Å². The van der Waals surface area contributed by atoms with Gasteiger partial charge >= 0.3 is 5.97 Å². The molecule has 0 saturated carbocycles. The molecule has 0 heterocycles. The smallest absolute Gasteiger partial charge is 0.303 e. The fraction of sp³-hybridized carbons (Fsp3) is 0.833. The number of rotatable bonds is 14. The Bertz CT molecular complexity index is 246. The summed E-state index contributed by atoms with van der Waals surface area (Å²) in [7, 11) is 0. The zero-order valence-corrected chi connectivity index (χ0v) is 13.6. The summed E-state index contributed by atoms with van der Waals surface area (Å²) in [6.07, 6.45) is 18.4. The molecule has 0 aliphatic carbocycles. The molecule has 0 radical (unpaired) electrons. The van der Waals surface area contributed by atoms with Gasteiger partial charge in [-0.15, -0.1) is 0 Å². The van der Waals surface area contributed by atoms with Crippen LogP contribution in [-0.2, 0) is 4.79 Å². The van der Waals surface area contributed by atoms with Crippen molar-refractivity contribution in [2.24, 2.45) is 5.92 Å². The van der Waals surface area contributed by atoms with Crippen LogP contribution in [0.5, 0.6) is 0 Å². The molecular formula is C18H34O2. The highest BCUT2D eigenvalue weighted by Gasteiger charge is 2.03. The first kappa shape index (κ1) is 19.2. The van der Waals surface area contributed by atoms with Gasteiger partial charge in [-0.3, -0.25) is 4.79 Å². The molecule has 0 amide bonds. The van der Waals surface area contributed by atoms with Crippen molar-refractivity contribution in [3.05, 3.63) is 12.2 Å². The van der Waals surface area contributed by atoms with Gasteiger partial charge in [0.1, 0.15) is 0 Å². The number of hydrogen-bond donors (Lipinski definition) is 1. The standard InChI is InChI=1S/C18H34O2/c1-3-4-5-6-7-8-9-10-11-14-17(2)15-12-13-16-18(19)20/h6-7,17H,3-5,8-16H2,1-2H3,(H,19,20)/b7-6-. The Balaban J connectivity index is 3.24. The van der Waals surface area contributed by atoms with Crippen LogP contribution in [0.25, 0.3) is 0 Å². The van der Waals surface area contributed by atoms with Gasteiger partial charge in [0.2, 0.25) is 0 Å².